The molecule has 0 aliphatic heterocycles. The lowest BCUT2D eigenvalue weighted by Gasteiger charge is -2.14. The van der Waals surface area contributed by atoms with E-state index in [0.29, 0.717) is 25.2 Å². The molecule has 1 fully saturated rings. The van der Waals surface area contributed by atoms with Gasteiger partial charge in [-0.1, -0.05) is 18.6 Å². The lowest BCUT2D eigenvalue weighted by Crippen LogP contribution is -2.28. The van der Waals surface area contributed by atoms with Gasteiger partial charge < -0.3 is 15.8 Å². The Morgan fingerprint density at radius 3 is 2.52 bits per heavy atom. The van der Waals surface area contributed by atoms with Crippen molar-refractivity contribution in [3.8, 4) is 0 Å². The number of nitrogens with one attached hydrogen (secondary N) is 1. The second-order valence-electron chi connectivity index (χ2n) is 5.88. The quantitative estimate of drug-likeness (QED) is 0.780. The molecule has 5 nitrogen and oxygen atoms in total. The van der Waals surface area contributed by atoms with E-state index in [0.717, 1.165) is 30.5 Å². The van der Waals surface area contributed by atoms with Crippen LogP contribution in [0.3, 0.4) is 0 Å². The first-order valence-corrected chi connectivity index (χ1v) is 7.79. The van der Waals surface area contributed by atoms with Crippen LogP contribution in [0.5, 0.6) is 0 Å². The average Bonchev–Trinajstić information content (AvgIpc) is 2.91. The molecule has 1 amide bonds. The van der Waals surface area contributed by atoms with E-state index >= 15 is 0 Å². The summed E-state index contributed by atoms with van der Waals surface area (Å²) >= 11 is 0. The summed E-state index contributed by atoms with van der Waals surface area (Å²) < 4.78 is 4.61. The minimum atomic E-state index is -0.217. The van der Waals surface area contributed by atoms with E-state index in [9.17, 15) is 9.59 Å². The molecule has 1 aromatic rings. The maximum absolute atomic E-state index is 12.0. The molecule has 1 aliphatic carbocycles. The summed E-state index contributed by atoms with van der Waals surface area (Å²) in [5, 5.41) is 2.91. The van der Waals surface area contributed by atoms with E-state index in [1.807, 2.05) is 24.3 Å². The highest BCUT2D eigenvalue weighted by atomic mass is 35.5. The molecule has 2 atom stereocenters. The number of benzene rings is 1. The van der Waals surface area contributed by atoms with E-state index in [4.69, 9.17) is 5.73 Å². The van der Waals surface area contributed by atoms with Gasteiger partial charge >= 0.3 is 5.97 Å². The van der Waals surface area contributed by atoms with Crippen molar-refractivity contribution < 1.29 is 14.3 Å². The third kappa shape index (κ3) is 6.20. The molecule has 0 saturated heterocycles. The Balaban J connectivity index is 0.00000264. The number of hydrogen-bond donors (Lipinski definition) is 2. The smallest absolute Gasteiger partial charge is 0.305 e. The monoisotopic (exact) mass is 340 g/mol. The average molecular weight is 341 g/mol. The van der Waals surface area contributed by atoms with Crippen molar-refractivity contribution in [2.24, 2.45) is 11.7 Å². The molecule has 1 saturated carbocycles. The van der Waals surface area contributed by atoms with Crippen LogP contribution in [0.1, 0.15) is 37.7 Å². The van der Waals surface area contributed by atoms with E-state index in [-0.39, 0.29) is 30.3 Å². The lowest BCUT2D eigenvalue weighted by atomic mass is 10.00. The van der Waals surface area contributed by atoms with Gasteiger partial charge in [0.05, 0.1) is 7.11 Å². The molecule has 3 N–H and O–H groups in total. The predicted molar refractivity (Wildman–Crippen MR) is 92.6 cm³/mol. The van der Waals surface area contributed by atoms with E-state index in [2.05, 4.69) is 10.1 Å². The Bertz CT molecular complexity index is 519. The molecule has 0 aromatic heterocycles. The summed E-state index contributed by atoms with van der Waals surface area (Å²) in [4.78, 5) is 23.1. The number of methoxy groups -OCH3 is 1. The molecule has 1 aromatic carbocycles. The van der Waals surface area contributed by atoms with Crippen molar-refractivity contribution in [3.05, 3.63) is 29.8 Å². The molecule has 0 heterocycles. The maximum atomic E-state index is 12.0. The number of aryl methyl sites for hydroxylation is 1. The summed E-state index contributed by atoms with van der Waals surface area (Å²) in [5.74, 6) is 0.106. The fraction of sp³-hybridized carbons (Fsp3) is 0.529. The Labute approximate surface area is 143 Å². The first kappa shape index (κ1) is 19.5. The highest BCUT2D eigenvalue weighted by molar-refractivity contribution is 5.90. The SMILES string of the molecule is COC(=O)CCc1ccc(NC(=O)C[C@@H]2CCC[C@H]2N)cc1.Cl. The van der Waals surface area contributed by atoms with E-state index in [1.165, 1.54) is 7.11 Å². The summed E-state index contributed by atoms with van der Waals surface area (Å²) in [7, 11) is 1.39. The van der Waals surface area contributed by atoms with Gasteiger partial charge in [0.25, 0.3) is 0 Å². The summed E-state index contributed by atoms with van der Waals surface area (Å²) in [6, 6.07) is 7.71. The molecular weight excluding hydrogens is 316 g/mol. The Morgan fingerprint density at radius 2 is 1.96 bits per heavy atom. The zero-order valence-corrected chi connectivity index (χ0v) is 14.2. The lowest BCUT2D eigenvalue weighted by molar-refractivity contribution is -0.140. The van der Waals surface area contributed by atoms with E-state index in [1.54, 1.807) is 0 Å². The van der Waals surface area contributed by atoms with Crippen LogP contribution in [-0.4, -0.2) is 25.0 Å². The Kier molecular flexibility index (Phi) is 8.06. The van der Waals surface area contributed by atoms with Crippen molar-refractivity contribution in [3.63, 3.8) is 0 Å². The van der Waals surface area contributed by atoms with Gasteiger partial charge in [-0.15, -0.1) is 12.4 Å². The molecule has 2 rings (SSSR count). The molecule has 0 bridgehead atoms. The van der Waals surface area contributed by atoms with Gasteiger partial charge in [0.15, 0.2) is 0 Å². The summed E-state index contributed by atoms with van der Waals surface area (Å²) in [5.41, 5.74) is 7.81. The molecule has 23 heavy (non-hydrogen) atoms. The number of carbonyl (C=O) groups excluding carboxylic acids is 2. The van der Waals surface area contributed by atoms with Crippen molar-refractivity contribution >= 4 is 30.0 Å². The normalized spacial score (nSPS) is 19.7. The predicted octanol–water partition coefficient (Wildman–Crippen LogP) is 2.67. The van der Waals surface area contributed by atoms with Crippen LogP contribution < -0.4 is 11.1 Å². The first-order valence-electron chi connectivity index (χ1n) is 7.79. The third-order valence-corrected chi connectivity index (χ3v) is 4.25. The van der Waals surface area contributed by atoms with Gasteiger partial charge in [-0.25, -0.2) is 0 Å². The van der Waals surface area contributed by atoms with Crippen LogP contribution in [0.15, 0.2) is 24.3 Å². The molecule has 0 unspecified atom stereocenters. The van der Waals surface area contributed by atoms with Crippen LogP contribution >= 0.6 is 12.4 Å². The number of halogens is 1. The number of rotatable bonds is 6. The number of nitrogens with two attached hydrogens (primary N) is 1. The number of carbonyl (C=O) groups is 2. The highest BCUT2D eigenvalue weighted by Crippen LogP contribution is 2.27. The van der Waals surface area contributed by atoms with Gasteiger partial charge in [-0.05, 0) is 42.9 Å². The molecule has 128 valence electrons. The number of amides is 1. The fourth-order valence-electron chi connectivity index (χ4n) is 2.87. The Morgan fingerprint density at radius 1 is 1.26 bits per heavy atom. The number of hydrogen-bond acceptors (Lipinski definition) is 4. The van der Waals surface area contributed by atoms with Crippen LogP contribution in [0.4, 0.5) is 5.69 Å². The van der Waals surface area contributed by atoms with Gasteiger partial charge in [0.2, 0.25) is 5.91 Å². The van der Waals surface area contributed by atoms with Crippen LogP contribution in [-0.2, 0) is 20.7 Å². The minimum Gasteiger partial charge on any atom is -0.469 e. The second-order valence-corrected chi connectivity index (χ2v) is 5.88. The third-order valence-electron chi connectivity index (χ3n) is 4.25. The summed E-state index contributed by atoms with van der Waals surface area (Å²) in [6.45, 7) is 0. The van der Waals surface area contributed by atoms with Gasteiger partial charge in [-0.2, -0.15) is 0 Å². The van der Waals surface area contributed by atoms with Crippen molar-refractivity contribution in [1.29, 1.82) is 0 Å². The van der Waals surface area contributed by atoms with Gasteiger partial charge in [-0.3, -0.25) is 9.59 Å². The van der Waals surface area contributed by atoms with Gasteiger partial charge in [0, 0.05) is 24.6 Å². The number of anilines is 1. The highest BCUT2D eigenvalue weighted by Gasteiger charge is 2.25. The van der Waals surface area contributed by atoms with Crippen LogP contribution in [0, 0.1) is 5.92 Å². The standard InChI is InChI=1S/C17H24N2O3.ClH/c1-22-17(21)10-7-12-5-8-14(9-6-12)19-16(20)11-13-3-2-4-15(13)18;/h5-6,8-9,13,15H,2-4,7,10-11,18H2,1H3,(H,19,20);1H/t13-,15+;/m0./s1. The van der Waals surface area contributed by atoms with E-state index < -0.39 is 0 Å². The fourth-order valence-corrected chi connectivity index (χ4v) is 2.87. The number of esters is 1. The minimum absolute atomic E-state index is 0. The van der Waals surface area contributed by atoms with Crippen LogP contribution in [0.25, 0.3) is 0 Å². The number of ether oxygens (including phenoxy) is 1. The maximum Gasteiger partial charge on any atom is 0.305 e. The zero-order valence-electron chi connectivity index (χ0n) is 13.4. The summed E-state index contributed by atoms with van der Waals surface area (Å²) in [6.07, 6.45) is 4.67. The van der Waals surface area contributed by atoms with Crippen molar-refractivity contribution in [1.82, 2.24) is 0 Å². The molecular formula is C17H25ClN2O3. The van der Waals surface area contributed by atoms with Crippen molar-refractivity contribution in [2.45, 2.75) is 44.6 Å². The largest absolute Gasteiger partial charge is 0.469 e. The first-order chi connectivity index (χ1) is 10.6. The van der Waals surface area contributed by atoms with Crippen molar-refractivity contribution in [2.75, 3.05) is 12.4 Å². The zero-order chi connectivity index (χ0) is 15.9. The molecule has 0 radical (unpaired) electrons. The second kappa shape index (κ2) is 9.53. The molecule has 0 spiro atoms. The molecule has 6 heteroatoms. The Hall–Kier alpha value is -1.59. The topological polar surface area (TPSA) is 81.4 Å². The molecule has 1 aliphatic rings. The van der Waals surface area contributed by atoms with Crippen LogP contribution in [0.2, 0.25) is 0 Å². The van der Waals surface area contributed by atoms with Gasteiger partial charge in [0.1, 0.15) is 0 Å².